The molecule has 0 aliphatic rings. The normalized spacial score (nSPS) is 10.6. The van der Waals surface area contributed by atoms with Crippen molar-refractivity contribution in [2.75, 3.05) is 13.7 Å². The minimum Gasteiger partial charge on any atom is -0.493 e. The van der Waals surface area contributed by atoms with E-state index in [1.165, 1.54) is 13.3 Å². The molecule has 2 rings (SSSR count). The summed E-state index contributed by atoms with van der Waals surface area (Å²) in [5.74, 6) is -0.190. The fourth-order valence-electron chi connectivity index (χ4n) is 1.93. The lowest BCUT2D eigenvalue weighted by Crippen LogP contribution is -2.20. The zero-order valence-corrected chi connectivity index (χ0v) is 16.8. The number of methoxy groups -OCH3 is 1. The van der Waals surface area contributed by atoms with Gasteiger partial charge in [-0.15, -0.1) is 0 Å². The van der Waals surface area contributed by atoms with Gasteiger partial charge in [0.25, 0.3) is 11.8 Å². The lowest BCUT2D eigenvalue weighted by Gasteiger charge is -2.12. The molecule has 0 atom stereocenters. The maximum Gasteiger partial charge on any atom is 0.271 e. The van der Waals surface area contributed by atoms with Gasteiger partial charge in [0.05, 0.1) is 17.8 Å². The van der Waals surface area contributed by atoms with E-state index < -0.39 is 5.91 Å². The van der Waals surface area contributed by atoms with E-state index in [0.29, 0.717) is 27.1 Å². The highest BCUT2D eigenvalue weighted by atomic mass is 79.9. The zero-order chi connectivity index (χ0) is 19.1. The quantitative estimate of drug-likeness (QED) is 0.465. The first-order valence-electron chi connectivity index (χ1n) is 7.28. The van der Waals surface area contributed by atoms with Gasteiger partial charge in [0, 0.05) is 10.0 Å². The summed E-state index contributed by atoms with van der Waals surface area (Å²) in [7, 11) is 1.47. The van der Waals surface area contributed by atoms with E-state index in [4.69, 9.17) is 15.2 Å². The molecule has 0 spiro atoms. The third kappa shape index (κ3) is 5.57. The average Bonchev–Trinajstić information content (AvgIpc) is 2.60. The van der Waals surface area contributed by atoms with E-state index in [1.807, 2.05) is 0 Å². The summed E-state index contributed by atoms with van der Waals surface area (Å²) in [4.78, 5) is 22.9. The Bertz CT molecular complexity index is 839. The second-order valence-electron chi connectivity index (χ2n) is 5.00. The van der Waals surface area contributed by atoms with Crippen LogP contribution in [0.5, 0.6) is 11.5 Å². The van der Waals surface area contributed by atoms with Crippen LogP contribution in [0.4, 0.5) is 0 Å². The van der Waals surface area contributed by atoms with Crippen LogP contribution in [0.25, 0.3) is 0 Å². The highest BCUT2D eigenvalue weighted by Gasteiger charge is 2.12. The standard InChI is InChI=1S/C17H15Br2N3O4/c1-25-14-7-10(6-13(19)16(14)26-9-15(20)23)8-21-22-17(24)11-2-4-12(18)5-3-11/h2-8H,9H2,1H3,(H2,20,23)(H,22,24)/b21-8+. The number of nitrogens with one attached hydrogen (secondary N) is 1. The number of hydrogen-bond donors (Lipinski definition) is 2. The second kappa shape index (κ2) is 9.35. The molecule has 2 aromatic carbocycles. The number of hydrazone groups is 1. The SMILES string of the molecule is COc1cc(/C=N/NC(=O)c2ccc(Br)cc2)cc(Br)c1OCC(N)=O. The predicted molar refractivity (Wildman–Crippen MR) is 105 cm³/mol. The fraction of sp³-hybridized carbons (Fsp3) is 0.118. The first-order valence-corrected chi connectivity index (χ1v) is 8.87. The molecule has 0 saturated heterocycles. The Morgan fingerprint density at radius 1 is 1.23 bits per heavy atom. The van der Waals surface area contributed by atoms with Crippen molar-refractivity contribution >= 4 is 49.9 Å². The number of amides is 2. The highest BCUT2D eigenvalue weighted by Crippen LogP contribution is 2.36. The van der Waals surface area contributed by atoms with Crippen LogP contribution in [-0.4, -0.2) is 31.7 Å². The molecule has 0 heterocycles. The van der Waals surface area contributed by atoms with Gasteiger partial charge in [-0.05, 0) is 57.9 Å². The van der Waals surface area contributed by atoms with Crippen molar-refractivity contribution in [3.63, 3.8) is 0 Å². The number of nitrogens with two attached hydrogens (primary N) is 1. The number of nitrogens with zero attached hydrogens (tertiary/aromatic N) is 1. The molecular weight excluding hydrogens is 470 g/mol. The van der Waals surface area contributed by atoms with Gasteiger partial charge in [0.2, 0.25) is 0 Å². The molecule has 136 valence electrons. The molecule has 0 radical (unpaired) electrons. The van der Waals surface area contributed by atoms with E-state index in [1.54, 1.807) is 36.4 Å². The van der Waals surface area contributed by atoms with Crippen molar-refractivity contribution < 1.29 is 19.1 Å². The van der Waals surface area contributed by atoms with Crippen molar-refractivity contribution in [2.24, 2.45) is 10.8 Å². The Balaban J connectivity index is 2.09. The smallest absolute Gasteiger partial charge is 0.271 e. The van der Waals surface area contributed by atoms with E-state index >= 15 is 0 Å². The zero-order valence-electron chi connectivity index (χ0n) is 13.7. The van der Waals surface area contributed by atoms with Crippen LogP contribution in [0.2, 0.25) is 0 Å². The predicted octanol–water partition coefficient (Wildman–Crippen LogP) is 2.85. The lowest BCUT2D eigenvalue weighted by molar-refractivity contribution is -0.119. The molecule has 2 aromatic rings. The number of primary amides is 1. The summed E-state index contributed by atoms with van der Waals surface area (Å²) in [6.45, 7) is -0.272. The van der Waals surface area contributed by atoms with Crippen molar-refractivity contribution in [1.29, 1.82) is 0 Å². The third-order valence-electron chi connectivity index (χ3n) is 3.10. The molecule has 26 heavy (non-hydrogen) atoms. The van der Waals surface area contributed by atoms with Crippen molar-refractivity contribution in [3.05, 3.63) is 56.5 Å². The Morgan fingerprint density at radius 3 is 2.54 bits per heavy atom. The van der Waals surface area contributed by atoms with Crippen LogP contribution >= 0.6 is 31.9 Å². The number of hydrogen-bond acceptors (Lipinski definition) is 5. The van der Waals surface area contributed by atoms with Gasteiger partial charge in [-0.25, -0.2) is 5.43 Å². The highest BCUT2D eigenvalue weighted by molar-refractivity contribution is 9.10. The third-order valence-corrected chi connectivity index (χ3v) is 4.21. The summed E-state index contributed by atoms with van der Waals surface area (Å²) in [5, 5.41) is 3.93. The summed E-state index contributed by atoms with van der Waals surface area (Å²) in [6.07, 6.45) is 1.46. The lowest BCUT2D eigenvalue weighted by atomic mass is 10.2. The Kier molecular flexibility index (Phi) is 7.16. The number of halogens is 2. The fourth-order valence-corrected chi connectivity index (χ4v) is 2.77. The van der Waals surface area contributed by atoms with Crippen molar-refractivity contribution in [3.8, 4) is 11.5 Å². The summed E-state index contributed by atoms with van der Waals surface area (Å²) in [6, 6.07) is 10.3. The molecule has 0 aromatic heterocycles. The van der Waals surface area contributed by atoms with Crippen molar-refractivity contribution in [2.45, 2.75) is 0 Å². The Hall–Kier alpha value is -2.39. The number of carbonyl (C=O) groups is 2. The van der Waals surface area contributed by atoms with Crippen molar-refractivity contribution in [1.82, 2.24) is 5.43 Å². The molecule has 7 nitrogen and oxygen atoms in total. The van der Waals surface area contributed by atoms with E-state index in [-0.39, 0.29) is 12.5 Å². The van der Waals surface area contributed by atoms with Crippen LogP contribution < -0.4 is 20.6 Å². The molecule has 9 heteroatoms. The molecule has 2 amide bonds. The first-order chi connectivity index (χ1) is 12.4. The Morgan fingerprint density at radius 2 is 1.92 bits per heavy atom. The van der Waals surface area contributed by atoms with Gasteiger partial charge in [-0.2, -0.15) is 5.10 Å². The van der Waals surface area contributed by atoms with Gasteiger partial charge in [-0.3, -0.25) is 9.59 Å². The van der Waals surface area contributed by atoms with Crippen LogP contribution in [0.3, 0.4) is 0 Å². The van der Waals surface area contributed by atoms with Gasteiger partial charge in [-0.1, -0.05) is 15.9 Å². The van der Waals surface area contributed by atoms with Gasteiger partial charge >= 0.3 is 0 Å². The van der Waals surface area contributed by atoms with Gasteiger partial charge in [0.1, 0.15) is 0 Å². The molecule has 0 fully saturated rings. The Labute approximate surface area is 166 Å². The summed E-state index contributed by atoms with van der Waals surface area (Å²) in [5.41, 5.74) is 8.66. The molecular formula is C17H15Br2N3O4. The monoisotopic (exact) mass is 483 g/mol. The molecule has 3 N–H and O–H groups in total. The second-order valence-corrected chi connectivity index (χ2v) is 6.77. The van der Waals surface area contributed by atoms with E-state index in [0.717, 1.165) is 4.47 Å². The molecule has 0 unspecified atom stereocenters. The molecule has 0 aliphatic heterocycles. The van der Waals surface area contributed by atoms with E-state index in [2.05, 4.69) is 42.4 Å². The van der Waals surface area contributed by atoms with Gasteiger partial charge < -0.3 is 15.2 Å². The largest absolute Gasteiger partial charge is 0.493 e. The van der Waals surface area contributed by atoms with Crippen LogP contribution in [0.1, 0.15) is 15.9 Å². The molecule has 0 aliphatic carbocycles. The van der Waals surface area contributed by atoms with Crippen LogP contribution in [0.15, 0.2) is 50.4 Å². The number of benzene rings is 2. The topological polar surface area (TPSA) is 103 Å². The summed E-state index contributed by atoms with van der Waals surface area (Å²) >= 11 is 6.65. The first kappa shape index (κ1) is 19.9. The number of carbonyl (C=O) groups excluding carboxylic acids is 2. The maximum absolute atomic E-state index is 12.0. The molecule has 0 saturated carbocycles. The van der Waals surface area contributed by atoms with Crippen LogP contribution in [-0.2, 0) is 4.79 Å². The van der Waals surface area contributed by atoms with E-state index in [9.17, 15) is 9.59 Å². The number of rotatable bonds is 7. The van der Waals surface area contributed by atoms with Gasteiger partial charge in [0.15, 0.2) is 18.1 Å². The molecule has 0 bridgehead atoms. The maximum atomic E-state index is 12.0. The minimum atomic E-state index is -0.597. The minimum absolute atomic E-state index is 0.272. The average molecular weight is 485 g/mol. The summed E-state index contributed by atoms with van der Waals surface area (Å²) < 4.78 is 12.0. The van der Waals surface area contributed by atoms with Crippen LogP contribution in [0, 0.1) is 0 Å². The number of ether oxygens (including phenoxy) is 2.